The summed E-state index contributed by atoms with van der Waals surface area (Å²) in [5.74, 6) is 2.71. The Morgan fingerprint density at radius 1 is 1.33 bits per heavy atom. The van der Waals surface area contributed by atoms with Gasteiger partial charge in [-0.25, -0.2) is 0 Å². The zero-order valence-corrected chi connectivity index (χ0v) is 9.19. The molecule has 15 heavy (non-hydrogen) atoms. The van der Waals surface area contributed by atoms with Crippen molar-refractivity contribution >= 4 is 0 Å². The van der Waals surface area contributed by atoms with Gasteiger partial charge in [0.2, 0.25) is 0 Å². The van der Waals surface area contributed by atoms with Gasteiger partial charge >= 0.3 is 0 Å². The van der Waals surface area contributed by atoms with E-state index in [1.165, 1.54) is 0 Å². The maximum absolute atomic E-state index is 5.60. The van der Waals surface area contributed by atoms with E-state index in [4.69, 9.17) is 15.9 Å². The van der Waals surface area contributed by atoms with Crippen LogP contribution >= 0.6 is 0 Å². The van der Waals surface area contributed by atoms with Crippen LogP contribution in [0, 0.1) is 12.3 Å². The standard InChI is InChI=1S/C13H16O2/c1-4-13(5-2,15-11-14-3)12-9-7-6-8-10-12/h1,6-10H,5,11H2,2-3H3. The molecular formula is C13H16O2. The molecule has 0 heterocycles. The third-order valence-corrected chi connectivity index (χ3v) is 2.39. The summed E-state index contributed by atoms with van der Waals surface area (Å²) >= 11 is 0. The summed E-state index contributed by atoms with van der Waals surface area (Å²) in [4.78, 5) is 0. The molecule has 0 saturated carbocycles. The van der Waals surface area contributed by atoms with Crippen LogP contribution in [0.15, 0.2) is 30.3 Å². The van der Waals surface area contributed by atoms with Crippen molar-refractivity contribution in [1.82, 2.24) is 0 Å². The monoisotopic (exact) mass is 204 g/mol. The van der Waals surface area contributed by atoms with Gasteiger partial charge in [-0.2, -0.15) is 0 Å². The van der Waals surface area contributed by atoms with Crippen LogP contribution in [0.3, 0.4) is 0 Å². The second-order valence-electron chi connectivity index (χ2n) is 3.24. The SMILES string of the molecule is C#CC(CC)(OCOC)c1ccccc1. The summed E-state index contributed by atoms with van der Waals surface area (Å²) in [5, 5.41) is 0. The molecule has 0 N–H and O–H groups in total. The van der Waals surface area contributed by atoms with Gasteiger partial charge < -0.3 is 9.47 Å². The molecule has 0 spiro atoms. The van der Waals surface area contributed by atoms with Crippen molar-refractivity contribution in [2.24, 2.45) is 0 Å². The quantitative estimate of drug-likeness (QED) is 0.542. The molecule has 0 aliphatic carbocycles. The Balaban J connectivity index is 2.96. The molecule has 1 aromatic rings. The molecule has 0 saturated heterocycles. The van der Waals surface area contributed by atoms with E-state index in [1.807, 2.05) is 37.3 Å². The second-order valence-corrected chi connectivity index (χ2v) is 3.24. The first-order valence-corrected chi connectivity index (χ1v) is 4.95. The third-order valence-electron chi connectivity index (χ3n) is 2.39. The van der Waals surface area contributed by atoms with Gasteiger partial charge in [0, 0.05) is 7.11 Å². The number of rotatable bonds is 5. The maximum Gasteiger partial charge on any atom is 0.156 e. The normalized spacial score (nSPS) is 14.2. The summed E-state index contributed by atoms with van der Waals surface area (Å²) in [6.07, 6.45) is 6.28. The van der Waals surface area contributed by atoms with Crippen LogP contribution in [0.4, 0.5) is 0 Å². The van der Waals surface area contributed by atoms with Crippen LogP contribution in [0.1, 0.15) is 18.9 Å². The van der Waals surface area contributed by atoms with Gasteiger partial charge in [-0.05, 0) is 12.0 Å². The van der Waals surface area contributed by atoms with E-state index in [0.717, 1.165) is 12.0 Å². The number of hydrogen-bond acceptors (Lipinski definition) is 2. The van der Waals surface area contributed by atoms with E-state index in [-0.39, 0.29) is 6.79 Å². The number of benzene rings is 1. The number of ether oxygens (including phenoxy) is 2. The smallest absolute Gasteiger partial charge is 0.156 e. The van der Waals surface area contributed by atoms with E-state index in [1.54, 1.807) is 7.11 Å². The van der Waals surface area contributed by atoms with E-state index in [2.05, 4.69) is 5.92 Å². The summed E-state index contributed by atoms with van der Waals surface area (Å²) in [5.41, 5.74) is 0.323. The van der Waals surface area contributed by atoms with Crippen molar-refractivity contribution in [3.63, 3.8) is 0 Å². The fourth-order valence-corrected chi connectivity index (χ4v) is 1.48. The molecular weight excluding hydrogens is 188 g/mol. The van der Waals surface area contributed by atoms with Crippen molar-refractivity contribution in [2.75, 3.05) is 13.9 Å². The highest BCUT2D eigenvalue weighted by Gasteiger charge is 2.28. The van der Waals surface area contributed by atoms with Crippen molar-refractivity contribution in [1.29, 1.82) is 0 Å². The lowest BCUT2D eigenvalue weighted by atomic mass is 9.92. The molecule has 0 radical (unpaired) electrons. The molecule has 0 amide bonds. The molecule has 0 aromatic heterocycles. The van der Waals surface area contributed by atoms with Crippen LogP contribution in [0.5, 0.6) is 0 Å². The van der Waals surface area contributed by atoms with Gasteiger partial charge in [0.25, 0.3) is 0 Å². The van der Waals surface area contributed by atoms with E-state index >= 15 is 0 Å². The van der Waals surface area contributed by atoms with Gasteiger partial charge in [-0.15, -0.1) is 6.42 Å². The van der Waals surface area contributed by atoms with Crippen molar-refractivity contribution in [3.05, 3.63) is 35.9 Å². The van der Waals surface area contributed by atoms with E-state index < -0.39 is 5.60 Å². The number of terminal acetylenes is 1. The minimum atomic E-state index is -0.669. The predicted octanol–water partition coefficient (Wildman–Crippen LogP) is 2.55. The Morgan fingerprint density at radius 3 is 2.47 bits per heavy atom. The second kappa shape index (κ2) is 5.55. The van der Waals surface area contributed by atoms with Gasteiger partial charge in [0.15, 0.2) is 5.60 Å². The van der Waals surface area contributed by atoms with Crippen molar-refractivity contribution in [3.8, 4) is 12.3 Å². The first-order chi connectivity index (χ1) is 7.29. The summed E-state index contributed by atoms with van der Waals surface area (Å²) in [6.45, 7) is 2.20. The molecule has 1 atom stereocenters. The minimum Gasteiger partial charge on any atom is -0.359 e. The highest BCUT2D eigenvalue weighted by Crippen LogP contribution is 2.28. The number of methoxy groups -OCH3 is 1. The molecule has 2 nitrogen and oxygen atoms in total. The molecule has 0 bridgehead atoms. The Hall–Kier alpha value is -1.30. The highest BCUT2D eigenvalue weighted by atomic mass is 16.7. The summed E-state index contributed by atoms with van der Waals surface area (Å²) in [6, 6.07) is 9.80. The van der Waals surface area contributed by atoms with Crippen LogP contribution in [-0.4, -0.2) is 13.9 Å². The van der Waals surface area contributed by atoms with Gasteiger partial charge in [-0.1, -0.05) is 43.2 Å². The molecule has 80 valence electrons. The first kappa shape index (κ1) is 11.8. The predicted molar refractivity (Wildman–Crippen MR) is 60.2 cm³/mol. The Bertz CT molecular complexity index is 326. The van der Waals surface area contributed by atoms with Crippen LogP contribution in [0.2, 0.25) is 0 Å². The fraction of sp³-hybridized carbons (Fsp3) is 0.385. The van der Waals surface area contributed by atoms with E-state index in [9.17, 15) is 0 Å². The van der Waals surface area contributed by atoms with Crippen LogP contribution < -0.4 is 0 Å². The Morgan fingerprint density at radius 2 is 2.00 bits per heavy atom. The molecule has 1 rings (SSSR count). The average molecular weight is 204 g/mol. The first-order valence-electron chi connectivity index (χ1n) is 4.95. The zero-order chi connectivity index (χ0) is 11.1. The molecule has 2 heteroatoms. The molecule has 1 aromatic carbocycles. The fourth-order valence-electron chi connectivity index (χ4n) is 1.48. The maximum atomic E-state index is 5.60. The van der Waals surface area contributed by atoms with Crippen molar-refractivity contribution < 1.29 is 9.47 Å². The van der Waals surface area contributed by atoms with Crippen molar-refractivity contribution in [2.45, 2.75) is 18.9 Å². The van der Waals surface area contributed by atoms with Gasteiger partial charge in [0.1, 0.15) is 6.79 Å². The molecule has 0 aliphatic heterocycles. The minimum absolute atomic E-state index is 0.201. The summed E-state index contributed by atoms with van der Waals surface area (Å²) in [7, 11) is 1.59. The van der Waals surface area contributed by atoms with Crippen LogP contribution in [-0.2, 0) is 15.1 Å². The molecule has 0 aliphatic rings. The molecule has 0 fully saturated rings. The highest BCUT2D eigenvalue weighted by molar-refractivity contribution is 5.30. The largest absolute Gasteiger partial charge is 0.359 e. The van der Waals surface area contributed by atoms with E-state index in [0.29, 0.717) is 0 Å². The average Bonchev–Trinajstić information content (AvgIpc) is 2.33. The topological polar surface area (TPSA) is 18.5 Å². The zero-order valence-electron chi connectivity index (χ0n) is 9.19. The lowest BCUT2D eigenvalue weighted by Crippen LogP contribution is -2.28. The Kier molecular flexibility index (Phi) is 4.36. The molecule has 1 unspecified atom stereocenters. The lowest BCUT2D eigenvalue weighted by molar-refractivity contribution is -0.108. The summed E-state index contributed by atoms with van der Waals surface area (Å²) < 4.78 is 10.5. The van der Waals surface area contributed by atoms with Gasteiger partial charge in [0.05, 0.1) is 0 Å². The Labute approximate surface area is 91.2 Å². The lowest BCUT2D eigenvalue weighted by Gasteiger charge is -2.27. The van der Waals surface area contributed by atoms with Crippen LogP contribution in [0.25, 0.3) is 0 Å². The van der Waals surface area contributed by atoms with Gasteiger partial charge in [-0.3, -0.25) is 0 Å². The number of hydrogen-bond donors (Lipinski definition) is 0. The third kappa shape index (κ3) is 2.59.